The van der Waals surface area contributed by atoms with Gasteiger partial charge in [0, 0.05) is 19.8 Å². The molecule has 0 aromatic carbocycles. The second kappa shape index (κ2) is 5.90. The summed E-state index contributed by atoms with van der Waals surface area (Å²) in [6.45, 7) is 5.69. The van der Waals surface area contributed by atoms with E-state index in [0.29, 0.717) is 11.6 Å². The maximum Gasteiger partial charge on any atom is 0.244 e. The molecule has 0 saturated carbocycles. The summed E-state index contributed by atoms with van der Waals surface area (Å²) in [4.78, 5) is 13.3. The van der Waals surface area contributed by atoms with Gasteiger partial charge in [0.15, 0.2) is 5.82 Å². The first kappa shape index (κ1) is 15.0. The van der Waals surface area contributed by atoms with Gasteiger partial charge in [0.1, 0.15) is 11.9 Å². The van der Waals surface area contributed by atoms with Gasteiger partial charge in [-0.1, -0.05) is 0 Å². The van der Waals surface area contributed by atoms with Crippen molar-refractivity contribution in [3.63, 3.8) is 0 Å². The largest absolute Gasteiger partial charge is 0.357 e. The van der Waals surface area contributed by atoms with E-state index in [2.05, 4.69) is 20.6 Å². The molecule has 21 heavy (non-hydrogen) atoms. The first-order chi connectivity index (χ1) is 9.88. The van der Waals surface area contributed by atoms with Gasteiger partial charge in [0.25, 0.3) is 0 Å². The van der Waals surface area contributed by atoms with Crippen LogP contribution in [0.4, 0.5) is 5.82 Å². The maximum absolute atomic E-state index is 11.8. The Morgan fingerprint density at radius 1 is 1.29 bits per heavy atom. The summed E-state index contributed by atoms with van der Waals surface area (Å²) >= 11 is 0. The lowest BCUT2D eigenvalue weighted by Gasteiger charge is -2.18. The van der Waals surface area contributed by atoms with Gasteiger partial charge in [-0.2, -0.15) is 5.10 Å². The van der Waals surface area contributed by atoms with Gasteiger partial charge in [-0.3, -0.25) is 4.79 Å². The van der Waals surface area contributed by atoms with Crippen molar-refractivity contribution in [1.29, 1.82) is 0 Å². The molecule has 0 spiro atoms. The average molecular weight is 288 g/mol. The number of hydrogen-bond donors (Lipinski definition) is 1. The minimum absolute atomic E-state index is 0.0144. The normalized spacial score (nSPS) is 12.0. The number of anilines is 1. The number of aryl methyl sites for hydroxylation is 2. The molecule has 0 aliphatic rings. The maximum atomic E-state index is 11.8. The molecule has 1 amide bonds. The van der Waals surface area contributed by atoms with Gasteiger partial charge in [-0.05, 0) is 39.0 Å². The molecule has 2 heterocycles. The van der Waals surface area contributed by atoms with Crippen LogP contribution in [-0.4, -0.2) is 50.9 Å². The SMILES string of the molecule is Cc1cc(C)n(-c2ccc(N[C@@H](C)C(=O)N(C)C)nn2)n1. The zero-order chi connectivity index (χ0) is 15.6. The number of rotatable bonds is 4. The van der Waals surface area contributed by atoms with E-state index in [-0.39, 0.29) is 11.9 Å². The summed E-state index contributed by atoms with van der Waals surface area (Å²) in [5.74, 6) is 1.19. The Labute approximate surface area is 124 Å². The number of hydrogen-bond acceptors (Lipinski definition) is 5. The third-order valence-electron chi connectivity index (χ3n) is 3.05. The fourth-order valence-corrected chi connectivity index (χ4v) is 2.05. The van der Waals surface area contributed by atoms with Crippen LogP contribution in [0.15, 0.2) is 18.2 Å². The van der Waals surface area contributed by atoms with Crippen molar-refractivity contribution < 1.29 is 4.79 Å². The molecule has 0 aliphatic heterocycles. The second-order valence-electron chi connectivity index (χ2n) is 5.21. The molecule has 7 heteroatoms. The number of amides is 1. The van der Waals surface area contributed by atoms with Crippen molar-refractivity contribution in [3.8, 4) is 5.82 Å². The van der Waals surface area contributed by atoms with Crippen molar-refractivity contribution in [2.75, 3.05) is 19.4 Å². The van der Waals surface area contributed by atoms with Crippen LogP contribution in [0.3, 0.4) is 0 Å². The molecule has 7 nitrogen and oxygen atoms in total. The Balaban J connectivity index is 2.12. The Morgan fingerprint density at radius 2 is 2.00 bits per heavy atom. The van der Waals surface area contributed by atoms with Crippen LogP contribution in [0, 0.1) is 13.8 Å². The predicted octanol–water partition coefficient (Wildman–Crippen LogP) is 1.17. The average Bonchev–Trinajstić information content (AvgIpc) is 2.77. The summed E-state index contributed by atoms with van der Waals surface area (Å²) in [7, 11) is 3.44. The van der Waals surface area contributed by atoms with Crippen LogP contribution >= 0.6 is 0 Å². The van der Waals surface area contributed by atoms with E-state index >= 15 is 0 Å². The van der Waals surface area contributed by atoms with E-state index in [4.69, 9.17) is 0 Å². The van der Waals surface area contributed by atoms with Crippen molar-refractivity contribution in [2.45, 2.75) is 26.8 Å². The van der Waals surface area contributed by atoms with Gasteiger partial charge in [-0.25, -0.2) is 4.68 Å². The van der Waals surface area contributed by atoms with Crippen LogP contribution in [0.5, 0.6) is 0 Å². The lowest BCUT2D eigenvalue weighted by atomic mass is 10.3. The van der Waals surface area contributed by atoms with Crippen LogP contribution in [0.1, 0.15) is 18.3 Å². The summed E-state index contributed by atoms with van der Waals surface area (Å²) in [5, 5.41) is 15.6. The van der Waals surface area contributed by atoms with Crippen molar-refractivity contribution in [2.24, 2.45) is 0 Å². The van der Waals surface area contributed by atoms with Crippen LogP contribution in [-0.2, 0) is 4.79 Å². The zero-order valence-corrected chi connectivity index (χ0v) is 13.0. The van der Waals surface area contributed by atoms with Gasteiger partial charge >= 0.3 is 0 Å². The zero-order valence-electron chi connectivity index (χ0n) is 13.0. The lowest BCUT2D eigenvalue weighted by molar-refractivity contribution is -0.129. The Kier molecular flexibility index (Phi) is 4.21. The molecule has 0 bridgehead atoms. The van der Waals surface area contributed by atoms with Crippen LogP contribution < -0.4 is 5.32 Å². The highest BCUT2D eigenvalue weighted by Crippen LogP contribution is 2.11. The number of nitrogens with one attached hydrogen (secondary N) is 1. The topological polar surface area (TPSA) is 75.9 Å². The second-order valence-corrected chi connectivity index (χ2v) is 5.21. The summed E-state index contributed by atoms with van der Waals surface area (Å²) in [5.41, 5.74) is 1.93. The third kappa shape index (κ3) is 3.36. The quantitative estimate of drug-likeness (QED) is 0.914. The van der Waals surface area contributed by atoms with Crippen molar-refractivity contribution in [1.82, 2.24) is 24.9 Å². The van der Waals surface area contributed by atoms with Crippen LogP contribution in [0.2, 0.25) is 0 Å². The molecule has 0 unspecified atom stereocenters. The Bertz CT molecular complexity index is 631. The third-order valence-corrected chi connectivity index (χ3v) is 3.05. The monoisotopic (exact) mass is 288 g/mol. The molecule has 1 atom stereocenters. The Hall–Kier alpha value is -2.44. The number of nitrogens with zero attached hydrogens (tertiary/aromatic N) is 5. The van der Waals surface area contributed by atoms with Gasteiger partial charge in [0.2, 0.25) is 5.91 Å². The fourth-order valence-electron chi connectivity index (χ4n) is 2.05. The first-order valence-electron chi connectivity index (χ1n) is 6.73. The van der Waals surface area contributed by atoms with Gasteiger partial charge < -0.3 is 10.2 Å². The standard InChI is InChI=1S/C14H20N6O/c1-9-8-10(2)20(18-9)13-7-6-12(16-17-13)15-11(3)14(21)19(4)5/h6-8,11H,1-5H3,(H,15,16)/t11-/m0/s1. The van der Waals surface area contributed by atoms with E-state index in [1.165, 1.54) is 4.90 Å². The lowest BCUT2D eigenvalue weighted by Crippen LogP contribution is -2.36. The fraction of sp³-hybridized carbons (Fsp3) is 0.429. The first-order valence-corrected chi connectivity index (χ1v) is 6.73. The summed E-state index contributed by atoms with van der Waals surface area (Å²) in [6, 6.07) is 5.24. The highest BCUT2D eigenvalue weighted by atomic mass is 16.2. The molecule has 2 aromatic rings. The molecule has 0 saturated heterocycles. The Morgan fingerprint density at radius 3 is 2.48 bits per heavy atom. The molecule has 0 aliphatic carbocycles. The number of carbonyl (C=O) groups excluding carboxylic acids is 1. The molecule has 112 valence electrons. The van der Waals surface area contributed by atoms with E-state index in [0.717, 1.165) is 11.4 Å². The minimum Gasteiger partial charge on any atom is -0.357 e. The van der Waals surface area contributed by atoms with E-state index in [1.807, 2.05) is 26.0 Å². The number of aromatic nitrogens is 4. The van der Waals surface area contributed by atoms with E-state index in [1.54, 1.807) is 31.8 Å². The van der Waals surface area contributed by atoms with Crippen molar-refractivity contribution in [3.05, 3.63) is 29.6 Å². The van der Waals surface area contributed by atoms with Gasteiger partial charge in [0.05, 0.1) is 5.69 Å². The predicted molar refractivity (Wildman–Crippen MR) is 80.4 cm³/mol. The molecule has 1 N–H and O–H groups in total. The summed E-state index contributed by atoms with van der Waals surface area (Å²) in [6.07, 6.45) is 0. The molecule has 0 radical (unpaired) electrons. The summed E-state index contributed by atoms with van der Waals surface area (Å²) < 4.78 is 1.74. The highest BCUT2D eigenvalue weighted by molar-refractivity contribution is 5.83. The number of carbonyl (C=O) groups is 1. The van der Waals surface area contributed by atoms with E-state index < -0.39 is 0 Å². The van der Waals surface area contributed by atoms with Crippen LogP contribution in [0.25, 0.3) is 5.82 Å². The van der Waals surface area contributed by atoms with Crippen molar-refractivity contribution >= 4 is 11.7 Å². The van der Waals surface area contributed by atoms with Gasteiger partial charge in [-0.15, -0.1) is 10.2 Å². The smallest absolute Gasteiger partial charge is 0.244 e. The molecular formula is C14H20N6O. The number of likely N-dealkylation sites (N-methyl/N-ethyl adjacent to an activating group) is 1. The molecular weight excluding hydrogens is 268 g/mol. The minimum atomic E-state index is -0.353. The molecule has 2 rings (SSSR count). The van der Waals surface area contributed by atoms with E-state index in [9.17, 15) is 4.79 Å². The highest BCUT2D eigenvalue weighted by Gasteiger charge is 2.15. The molecule has 2 aromatic heterocycles. The molecule has 0 fully saturated rings.